The normalized spacial score (nSPS) is 14.9. The van der Waals surface area contributed by atoms with Gasteiger partial charge in [-0.05, 0) is 17.1 Å². The van der Waals surface area contributed by atoms with Crippen LogP contribution in [-0.4, -0.2) is 37.0 Å². The van der Waals surface area contributed by atoms with Crippen LogP contribution in [0.25, 0.3) is 0 Å². The Morgan fingerprint density at radius 1 is 1.67 bits per heavy atom. The van der Waals surface area contributed by atoms with Crippen molar-refractivity contribution in [1.29, 1.82) is 0 Å². The smallest absolute Gasteiger partial charge is 0.340 e. The molecule has 84 valence electrons. The summed E-state index contributed by atoms with van der Waals surface area (Å²) in [6.07, 6.45) is -1.02. The number of hydrogen-bond donors (Lipinski definition) is 4. The SMILES string of the molecule is O=[N+]([O-])c1cnc(C(O)C(O)CCS)[nH]1. The van der Waals surface area contributed by atoms with E-state index in [0.717, 1.165) is 6.20 Å². The molecule has 1 aromatic heterocycles. The number of aromatic nitrogens is 2. The lowest BCUT2D eigenvalue weighted by atomic mass is 10.1. The lowest BCUT2D eigenvalue weighted by Gasteiger charge is -2.12. The van der Waals surface area contributed by atoms with Gasteiger partial charge in [0.25, 0.3) is 0 Å². The molecule has 8 heteroatoms. The molecule has 1 aromatic rings. The van der Waals surface area contributed by atoms with Crippen LogP contribution in [0.5, 0.6) is 0 Å². The summed E-state index contributed by atoms with van der Waals surface area (Å²) in [7, 11) is 0. The fourth-order valence-electron chi connectivity index (χ4n) is 1.04. The zero-order valence-electron chi connectivity index (χ0n) is 7.70. The summed E-state index contributed by atoms with van der Waals surface area (Å²) in [5.41, 5.74) is 0. The monoisotopic (exact) mass is 233 g/mol. The first-order valence-corrected chi connectivity index (χ1v) is 4.85. The van der Waals surface area contributed by atoms with Gasteiger partial charge in [0.15, 0.2) is 6.10 Å². The predicted octanol–water partition coefficient (Wildman–Crippen LogP) is 0.0321. The highest BCUT2D eigenvalue weighted by Crippen LogP contribution is 2.18. The minimum absolute atomic E-state index is 0.0176. The van der Waals surface area contributed by atoms with Crippen molar-refractivity contribution in [2.75, 3.05) is 5.75 Å². The van der Waals surface area contributed by atoms with Gasteiger partial charge in [0.1, 0.15) is 6.20 Å². The van der Waals surface area contributed by atoms with Crippen LogP contribution < -0.4 is 0 Å². The third-order valence-corrected chi connectivity index (χ3v) is 2.11. The van der Waals surface area contributed by atoms with Crippen LogP contribution >= 0.6 is 12.6 Å². The molecule has 0 aliphatic carbocycles. The van der Waals surface area contributed by atoms with Crippen LogP contribution in [0.4, 0.5) is 5.82 Å². The Morgan fingerprint density at radius 3 is 2.80 bits per heavy atom. The Balaban J connectivity index is 2.73. The second-order valence-corrected chi connectivity index (χ2v) is 3.38. The van der Waals surface area contributed by atoms with E-state index in [0.29, 0.717) is 5.75 Å². The molecule has 0 spiro atoms. The van der Waals surface area contributed by atoms with E-state index in [1.54, 1.807) is 0 Å². The van der Waals surface area contributed by atoms with E-state index in [1.165, 1.54) is 0 Å². The molecule has 2 unspecified atom stereocenters. The number of nitrogens with zero attached hydrogens (tertiary/aromatic N) is 2. The molecule has 1 heterocycles. The van der Waals surface area contributed by atoms with Crippen molar-refractivity contribution < 1.29 is 15.1 Å². The average molecular weight is 233 g/mol. The quantitative estimate of drug-likeness (QED) is 0.325. The summed E-state index contributed by atoms with van der Waals surface area (Å²) in [4.78, 5) is 15.6. The van der Waals surface area contributed by atoms with E-state index < -0.39 is 17.1 Å². The summed E-state index contributed by atoms with van der Waals surface area (Å²) in [5, 5.41) is 29.2. The highest BCUT2D eigenvalue weighted by Gasteiger charge is 2.24. The van der Waals surface area contributed by atoms with Gasteiger partial charge in [-0.2, -0.15) is 12.6 Å². The van der Waals surface area contributed by atoms with Gasteiger partial charge in [-0.15, -0.1) is 0 Å². The number of aromatic amines is 1. The van der Waals surface area contributed by atoms with Gasteiger partial charge in [-0.25, -0.2) is 9.97 Å². The van der Waals surface area contributed by atoms with E-state index in [9.17, 15) is 20.3 Å². The maximum atomic E-state index is 10.3. The second kappa shape index (κ2) is 5.10. The zero-order valence-corrected chi connectivity index (χ0v) is 8.59. The van der Waals surface area contributed by atoms with Gasteiger partial charge in [0.2, 0.25) is 5.82 Å². The van der Waals surface area contributed by atoms with E-state index in [1.807, 2.05) is 0 Å². The first-order valence-electron chi connectivity index (χ1n) is 4.22. The highest BCUT2D eigenvalue weighted by molar-refractivity contribution is 7.80. The van der Waals surface area contributed by atoms with Gasteiger partial charge in [-0.3, -0.25) is 0 Å². The van der Waals surface area contributed by atoms with Crippen molar-refractivity contribution in [2.24, 2.45) is 0 Å². The van der Waals surface area contributed by atoms with Crippen LogP contribution in [0.15, 0.2) is 6.20 Å². The number of hydrogen-bond acceptors (Lipinski definition) is 6. The second-order valence-electron chi connectivity index (χ2n) is 2.94. The number of nitrogens with one attached hydrogen (secondary N) is 1. The molecule has 0 fully saturated rings. The average Bonchev–Trinajstić information content (AvgIpc) is 2.65. The molecule has 0 bridgehead atoms. The first-order chi connectivity index (χ1) is 7.06. The van der Waals surface area contributed by atoms with Gasteiger partial charge in [-0.1, -0.05) is 0 Å². The van der Waals surface area contributed by atoms with Gasteiger partial charge >= 0.3 is 5.82 Å². The van der Waals surface area contributed by atoms with Crippen LogP contribution in [0, 0.1) is 10.1 Å². The molecular formula is C7H11N3O4S. The first kappa shape index (κ1) is 12.0. The number of aliphatic hydroxyl groups excluding tert-OH is 2. The number of imidazole rings is 1. The number of thiol groups is 1. The lowest BCUT2D eigenvalue weighted by molar-refractivity contribution is -0.389. The predicted molar refractivity (Wildman–Crippen MR) is 54.7 cm³/mol. The summed E-state index contributed by atoms with van der Waals surface area (Å²) >= 11 is 3.89. The number of rotatable bonds is 5. The Hall–Kier alpha value is -1.12. The molecule has 0 aromatic carbocycles. The summed E-state index contributed by atoms with van der Waals surface area (Å²) in [6, 6.07) is 0. The molecule has 0 amide bonds. The molecule has 0 aliphatic rings. The Labute approximate surface area is 90.7 Å². The minimum atomic E-state index is -1.26. The molecule has 1 rings (SSSR count). The Kier molecular flexibility index (Phi) is 4.06. The van der Waals surface area contributed by atoms with Crippen molar-refractivity contribution in [3.05, 3.63) is 22.1 Å². The van der Waals surface area contributed by atoms with E-state index >= 15 is 0 Å². The van der Waals surface area contributed by atoms with Crippen LogP contribution in [0.3, 0.4) is 0 Å². The van der Waals surface area contributed by atoms with Crippen LogP contribution in [0.1, 0.15) is 18.3 Å². The molecule has 0 saturated heterocycles. The molecular weight excluding hydrogens is 222 g/mol. The molecule has 3 N–H and O–H groups in total. The van der Waals surface area contributed by atoms with E-state index in [4.69, 9.17) is 0 Å². The maximum absolute atomic E-state index is 10.3. The molecule has 7 nitrogen and oxygen atoms in total. The largest absolute Gasteiger partial charge is 0.390 e. The summed E-state index contributed by atoms with van der Waals surface area (Å²) in [6.45, 7) is 0. The van der Waals surface area contributed by atoms with Crippen molar-refractivity contribution in [1.82, 2.24) is 9.97 Å². The fourth-order valence-corrected chi connectivity index (χ4v) is 1.31. The fraction of sp³-hybridized carbons (Fsp3) is 0.571. The third kappa shape index (κ3) is 2.91. The number of nitro groups is 1. The molecule has 0 saturated carbocycles. The van der Waals surface area contributed by atoms with E-state index in [2.05, 4.69) is 22.6 Å². The third-order valence-electron chi connectivity index (χ3n) is 1.85. The summed E-state index contributed by atoms with van der Waals surface area (Å²) < 4.78 is 0. The van der Waals surface area contributed by atoms with Crippen LogP contribution in [-0.2, 0) is 0 Å². The van der Waals surface area contributed by atoms with Gasteiger partial charge in [0, 0.05) is 0 Å². The Morgan fingerprint density at radius 2 is 2.33 bits per heavy atom. The number of aliphatic hydroxyl groups is 2. The Bertz CT molecular complexity index is 343. The van der Waals surface area contributed by atoms with Gasteiger partial charge in [0.05, 0.1) is 6.10 Å². The van der Waals surface area contributed by atoms with Crippen molar-refractivity contribution >= 4 is 18.4 Å². The van der Waals surface area contributed by atoms with E-state index in [-0.39, 0.29) is 18.1 Å². The standard InChI is InChI=1S/C7H11N3O4S/c11-4(1-2-15)6(12)7-8-3-5(9-7)10(13)14/h3-4,6,11-12,15H,1-2H2,(H,8,9). The topological polar surface area (TPSA) is 112 Å². The number of H-pyrrole nitrogens is 1. The zero-order chi connectivity index (χ0) is 11.4. The lowest BCUT2D eigenvalue weighted by Crippen LogP contribution is -2.19. The van der Waals surface area contributed by atoms with Crippen molar-refractivity contribution in [3.63, 3.8) is 0 Å². The van der Waals surface area contributed by atoms with Gasteiger partial charge < -0.3 is 20.3 Å². The molecule has 0 radical (unpaired) electrons. The maximum Gasteiger partial charge on any atom is 0.340 e. The molecule has 0 aliphatic heterocycles. The molecule has 2 atom stereocenters. The minimum Gasteiger partial charge on any atom is -0.390 e. The highest BCUT2D eigenvalue weighted by atomic mass is 32.1. The molecule has 15 heavy (non-hydrogen) atoms. The van der Waals surface area contributed by atoms with Crippen LogP contribution in [0.2, 0.25) is 0 Å². The van der Waals surface area contributed by atoms with Crippen molar-refractivity contribution in [3.8, 4) is 0 Å². The van der Waals surface area contributed by atoms with Crippen molar-refractivity contribution in [2.45, 2.75) is 18.6 Å². The summed E-state index contributed by atoms with van der Waals surface area (Å²) in [5.74, 6) is 0.0687.